The van der Waals surface area contributed by atoms with Crippen molar-refractivity contribution in [3.63, 3.8) is 0 Å². The fraction of sp³-hybridized carbons (Fsp3) is 0.481. The highest BCUT2D eigenvalue weighted by Gasteiger charge is 2.33. The molecular formula is C27H37N3O5S. The third kappa shape index (κ3) is 7.22. The first-order chi connectivity index (χ1) is 17.1. The van der Waals surface area contributed by atoms with Crippen molar-refractivity contribution in [2.75, 3.05) is 24.2 Å². The van der Waals surface area contributed by atoms with Crippen LogP contribution in [0, 0.1) is 6.92 Å². The first-order valence-electron chi connectivity index (χ1n) is 12.4. The number of methoxy groups -OCH3 is 1. The highest BCUT2D eigenvalue weighted by atomic mass is 32.2. The van der Waals surface area contributed by atoms with Crippen molar-refractivity contribution < 1.29 is 22.7 Å². The Morgan fingerprint density at radius 1 is 1.06 bits per heavy atom. The van der Waals surface area contributed by atoms with Crippen LogP contribution in [0.5, 0.6) is 5.75 Å². The molecule has 2 aromatic carbocycles. The molecule has 0 aromatic heterocycles. The predicted molar refractivity (Wildman–Crippen MR) is 141 cm³/mol. The van der Waals surface area contributed by atoms with Crippen LogP contribution >= 0.6 is 0 Å². The fourth-order valence-corrected chi connectivity index (χ4v) is 5.39. The van der Waals surface area contributed by atoms with Crippen molar-refractivity contribution in [3.8, 4) is 5.75 Å². The average Bonchev–Trinajstić information content (AvgIpc) is 3.35. The molecule has 196 valence electrons. The summed E-state index contributed by atoms with van der Waals surface area (Å²) in [5.74, 6) is 0.0445. The molecule has 2 aromatic rings. The number of ether oxygens (including phenoxy) is 1. The maximum absolute atomic E-state index is 13.7. The first-order valence-corrected chi connectivity index (χ1v) is 14.2. The quantitative estimate of drug-likeness (QED) is 0.493. The summed E-state index contributed by atoms with van der Waals surface area (Å²) in [5, 5.41) is 3.11. The number of carbonyl (C=O) groups is 2. The van der Waals surface area contributed by atoms with Crippen molar-refractivity contribution in [2.45, 2.75) is 64.6 Å². The van der Waals surface area contributed by atoms with E-state index in [1.54, 1.807) is 43.5 Å². The number of hydrogen-bond donors (Lipinski definition) is 1. The zero-order chi connectivity index (χ0) is 26.3. The minimum absolute atomic E-state index is 0.115. The van der Waals surface area contributed by atoms with Gasteiger partial charge in [-0.3, -0.25) is 13.9 Å². The molecule has 0 saturated heterocycles. The second kappa shape index (κ2) is 12.3. The molecule has 1 fully saturated rings. The van der Waals surface area contributed by atoms with Crippen molar-refractivity contribution in [2.24, 2.45) is 0 Å². The van der Waals surface area contributed by atoms with Crippen LogP contribution in [-0.4, -0.2) is 57.1 Å². The van der Waals surface area contributed by atoms with Gasteiger partial charge in [-0.2, -0.15) is 0 Å². The van der Waals surface area contributed by atoms with E-state index in [-0.39, 0.29) is 18.5 Å². The van der Waals surface area contributed by atoms with Gasteiger partial charge >= 0.3 is 0 Å². The second-order valence-electron chi connectivity index (χ2n) is 9.39. The maximum Gasteiger partial charge on any atom is 0.244 e. The summed E-state index contributed by atoms with van der Waals surface area (Å²) < 4.78 is 31.7. The average molecular weight is 516 g/mol. The Balaban J connectivity index is 1.90. The van der Waals surface area contributed by atoms with Crippen molar-refractivity contribution in [1.82, 2.24) is 10.2 Å². The molecule has 0 aliphatic heterocycles. The molecule has 0 heterocycles. The Kier molecular flexibility index (Phi) is 9.37. The van der Waals surface area contributed by atoms with Crippen LogP contribution < -0.4 is 14.4 Å². The Morgan fingerprint density at radius 3 is 2.19 bits per heavy atom. The highest BCUT2D eigenvalue weighted by Crippen LogP contribution is 2.22. The number of nitrogens with one attached hydrogen (secondary N) is 1. The zero-order valence-electron chi connectivity index (χ0n) is 21.6. The Bertz CT molecular complexity index is 1130. The summed E-state index contributed by atoms with van der Waals surface area (Å²) in [6.45, 7) is 3.54. The standard InChI is InChI=1S/C27H37N3O5S/c1-5-25(27(32)28-22-8-6-7-9-22)29(18-21-12-16-24(35-3)17-13-21)26(31)19-30(36(4,33)34)23-14-10-20(2)11-15-23/h10-17,22,25H,5-9,18-19H2,1-4H3,(H,28,32). The molecule has 3 rings (SSSR count). The maximum atomic E-state index is 13.7. The number of anilines is 1. The number of hydrogen-bond acceptors (Lipinski definition) is 5. The van der Waals surface area contributed by atoms with Gasteiger partial charge in [0.1, 0.15) is 18.3 Å². The Labute approximate surface area is 214 Å². The van der Waals surface area contributed by atoms with Gasteiger partial charge in [0.05, 0.1) is 19.1 Å². The van der Waals surface area contributed by atoms with Gasteiger partial charge < -0.3 is 15.0 Å². The number of benzene rings is 2. The van der Waals surface area contributed by atoms with Crippen molar-refractivity contribution in [3.05, 3.63) is 59.7 Å². The number of aryl methyl sites for hydroxylation is 1. The lowest BCUT2D eigenvalue weighted by atomic mass is 10.1. The first kappa shape index (κ1) is 27.5. The molecule has 36 heavy (non-hydrogen) atoms. The van der Waals surface area contributed by atoms with E-state index in [4.69, 9.17) is 4.74 Å². The largest absolute Gasteiger partial charge is 0.497 e. The van der Waals surface area contributed by atoms with E-state index in [1.165, 1.54) is 4.90 Å². The Morgan fingerprint density at radius 2 is 1.67 bits per heavy atom. The van der Waals surface area contributed by atoms with Crippen LogP contribution in [-0.2, 0) is 26.2 Å². The molecule has 9 heteroatoms. The lowest BCUT2D eigenvalue weighted by molar-refractivity contribution is -0.140. The van der Waals surface area contributed by atoms with Crippen LogP contribution in [0.15, 0.2) is 48.5 Å². The minimum Gasteiger partial charge on any atom is -0.497 e. The smallest absolute Gasteiger partial charge is 0.244 e. The van der Waals surface area contributed by atoms with Gasteiger partial charge in [0, 0.05) is 12.6 Å². The molecule has 8 nitrogen and oxygen atoms in total. The fourth-order valence-electron chi connectivity index (χ4n) is 4.54. The molecule has 0 radical (unpaired) electrons. The number of sulfonamides is 1. The normalized spacial score (nSPS) is 14.8. The summed E-state index contributed by atoms with van der Waals surface area (Å²) in [4.78, 5) is 28.5. The van der Waals surface area contributed by atoms with Crippen LogP contribution in [0.25, 0.3) is 0 Å². The molecule has 1 N–H and O–H groups in total. The van der Waals surface area contributed by atoms with E-state index in [9.17, 15) is 18.0 Å². The van der Waals surface area contributed by atoms with E-state index < -0.39 is 28.5 Å². The monoisotopic (exact) mass is 515 g/mol. The van der Waals surface area contributed by atoms with Gasteiger partial charge in [0.25, 0.3) is 0 Å². The summed E-state index contributed by atoms with van der Waals surface area (Å²) in [5.41, 5.74) is 2.20. The van der Waals surface area contributed by atoms with Crippen LogP contribution in [0.4, 0.5) is 5.69 Å². The third-order valence-electron chi connectivity index (χ3n) is 6.60. The zero-order valence-corrected chi connectivity index (χ0v) is 22.4. The van der Waals surface area contributed by atoms with Gasteiger partial charge in [-0.1, -0.05) is 49.6 Å². The number of nitrogens with zero attached hydrogens (tertiary/aromatic N) is 2. The lowest BCUT2D eigenvalue weighted by Crippen LogP contribution is -2.53. The van der Waals surface area contributed by atoms with Crippen molar-refractivity contribution in [1.29, 1.82) is 0 Å². The van der Waals surface area contributed by atoms with Gasteiger partial charge in [0.15, 0.2) is 0 Å². The molecular weight excluding hydrogens is 478 g/mol. The number of amides is 2. The van der Waals surface area contributed by atoms with Crippen LogP contribution in [0.1, 0.15) is 50.2 Å². The second-order valence-corrected chi connectivity index (χ2v) is 11.3. The van der Waals surface area contributed by atoms with E-state index in [0.717, 1.165) is 47.4 Å². The molecule has 1 atom stereocenters. The molecule has 0 spiro atoms. The van der Waals surface area contributed by atoms with E-state index >= 15 is 0 Å². The van der Waals surface area contributed by atoms with Crippen molar-refractivity contribution >= 4 is 27.5 Å². The topological polar surface area (TPSA) is 96.0 Å². The summed E-state index contributed by atoms with van der Waals surface area (Å²) >= 11 is 0. The van der Waals surface area contributed by atoms with Gasteiger partial charge in [0.2, 0.25) is 21.8 Å². The van der Waals surface area contributed by atoms with E-state index in [0.29, 0.717) is 17.9 Å². The van der Waals surface area contributed by atoms with Gasteiger partial charge in [-0.25, -0.2) is 8.42 Å². The van der Waals surface area contributed by atoms with Crippen LogP contribution in [0.2, 0.25) is 0 Å². The summed E-state index contributed by atoms with van der Waals surface area (Å²) in [6.07, 6.45) is 5.52. The SMILES string of the molecule is CCC(C(=O)NC1CCCC1)N(Cc1ccc(OC)cc1)C(=O)CN(c1ccc(C)cc1)S(C)(=O)=O. The molecule has 1 aliphatic rings. The molecule has 1 aliphatic carbocycles. The molecule has 0 bridgehead atoms. The van der Waals surface area contributed by atoms with E-state index in [2.05, 4.69) is 5.32 Å². The molecule has 1 saturated carbocycles. The highest BCUT2D eigenvalue weighted by molar-refractivity contribution is 7.92. The Hall–Kier alpha value is -3.07. The van der Waals surface area contributed by atoms with Gasteiger partial charge in [-0.05, 0) is 56.0 Å². The minimum atomic E-state index is -3.74. The van der Waals surface area contributed by atoms with E-state index in [1.807, 2.05) is 26.0 Å². The van der Waals surface area contributed by atoms with Gasteiger partial charge in [-0.15, -0.1) is 0 Å². The summed E-state index contributed by atoms with van der Waals surface area (Å²) in [7, 11) is -2.16. The third-order valence-corrected chi connectivity index (χ3v) is 7.74. The lowest BCUT2D eigenvalue weighted by Gasteiger charge is -2.33. The molecule has 1 unspecified atom stereocenters. The van der Waals surface area contributed by atoms with Crippen LogP contribution in [0.3, 0.4) is 0 Å². The summed E-state index contributed by atoms with van der Waals surface area (Å²) in [6, 6.07) is 13.6. The predicted octanol–water partition coefficient (Wildman–Crippen LogP) is 3.64. The number of carbonyl (C=O) groups excluding carboxylic acids is 2. The molecule has 2 amide bonds. The number of rotatable bonds is 11.